The summed E-state index contributed by atoms with van der Waals surface area (Å²) in [6.07, 6.45) is -0.0151. The standard InChI is InChI=1S/C19H19N3O3/c1-2-16(24-15-11-7-4-8-12-15)19(23)20-13-17-21-18(22-25-17)14-9-5-3-6-10-14/h3-12,16H,2,13H2,1H3,(H,20,23)/t16-/m1/s1. The third kappa shape index (κ3) is 4.44. The summed E-state index contributed by atoms with van der Waals surface area (Å²) in [6.45, 7) is 2.06. The fraction of sp³-hybridized carbons (Fsp3) is 0.211. The summed E-state index contributed by atoms with van der Waals surface area (Å²) in [4.78, 5) is 16.6. The Kier molecular flexibility index (Phi) is 5.41. The fourth-order valence-corrected chi connectivity index (χ4v) is 2.29. The van der Waals surface area contributed by atoms with E-state index in [-0.39, 0.29) is 12.5 Å². The third-order valence-corrected chi connectivity index (χ3v) is 3.60. The van der Waals surface area contributed by atoms with Crippen molar-refractivity contribution in [2.45, 2.75) is 26.0 Å². The summed E-state index contributed by atoms with van der Waals surface area (Å²) >= 11 is 0. The molecule has 0 unspecified atom stereocenters. The van der Waals surface area contributed by atoms with Crippen LogP contribution < -0.4 is 10.1 Å². The van der Waals surface area contributed by atoms with E-state index in [9.17, 15) is 4.79 Å². The fourth-order valence-electron chi connectivity index (χ4n) is 2.29. The van der Waals surface area contributed by atoms with Gasteiger partial charge in [-0.2, -0.15) is 4.98 Å². The molecule has 128 valence electrons. The van der Waals surface area contributed by atoms with Gasteiger partial charge in [0.15, 0.2) is 6.10 Å². The topological polar surface area (TPSA) is 77.2 Å². The first kappa shape index (κ1) is 16.7. The summed E-state index contributed by atoms with van der Waals surface area (Å²) in [5.74, 6) is 1.29. The smallest absolute Gasteiger partial charge is 0.261 e. The number of carbonyl (C=O) groups is 1. The minimum absolute atomic E-state index is 0.160. The molecule has 0 fully saturated rings. The van der Waals surface area contributed by atoms with Gasteiger partial charge in [0, 0.05) is 5.56 Å². The molecular weight excluding hydrogens is 318 g/mol. The van der Waals surface area contributed by atoms with Gasteiger partial charge in [0.25, 0.3) is 5.91 Å². The number of hydrogen-bond acceptors (Lipinski definition) is 5. The van der Waals surface area contributed by atoms with Crippen LogP contribution in [0.15, 0.2) is 65.2 Å². The van der Waals surface area contributed by atoms with Crippen LogP contribution in [-0.2, 0) is 11.3 Å². The second-order valence-corrected chi connectivity index (χ2v) is 5.42. The maximum Gasteiger partial charge on any atom is 0.261 e. The largest absolute Gasteiger partial charge is 0.481 e. The molecule has 0 bridgehead atoms. The van der Waals surface area contributed by atoms with Crippen LogP contribution in [0.5, 0.6) is 5.75 Å². The third-order valence-electron chi connectivity index (χ3n) is 3.60. The van der Waals surface area contributed by atoms with Gasteiger partial charge in [-0.15, -0.1) is 0 Å². The Balaban J connectivity index is 1.57. The second kappa shape index (κ2) is 8.10. The van der Waals surface area contributed by atoms with Crippen molar-refractivity contribution in [3.8, 4) is 17.1 Å². The molecule has 2 aromatic carbocycles. The Morgan fingerprint density at radius 3 is 2.48 bits per heavy atom. The van der Waals surface area contributed by atoms with Gasteiger partial charge in [-0.25, -0.2) is 0 Å². The van der Waals surface area contributed by atoms with Crippen molar-refractivity contribution in [1.29, 1.82) is 0 Å². The molecule has 1 aromatic heterocycles. The predicted molar refractivity (Wildman–Crippen MR) is 92.7 cm³/mol. The average molecular weight is 337 g/mol. The van der Waals surface area contributed by atoms with Gasteiger partial charge in [0.2, 0.25) is 11.7 Å². The van der Waals surface area contributed by atoms with Crippen molar-refractivity contribution in [3.63, 3.8) is 0 Å². The van der Waals surface area contributed by atoms with E-state index in [2.05, 4.69) is 15.5 Å². The van der Waals surface area contributed by atoms with Crippen LogP contribution in [0.3, 0.4) is 0 Å². The molecular formula is C19H19N3O3. The molecule has 6 nitrogen and oxygen atoms in total. The highest BCUT2D eigenvalue weighted by atomic mass is 16.5. The number of para-hydroxylation sites is 1. The van der Waals surface area contributed by atoms with Crippen LogP contribution in [-0.4, -0.2) is 22.2 Å². The number of nitrogens with one attached hydrogen (secondary N) is 1. The Hall–Kier alpha value is -3.15. The zero-order valence-corrected chi connectivity index (χ0v) is 13.9. The highest BCUT2D eigenvalue weighted by Crippen LogP contribution is 2.15. The summed E-state index contributed by atoms with van der Waals surface area (Å²) in [5.41, 5.74) is 0.864. The zero-order valence-electron chi connectivity index (χ0n) is 13.9. The molecule has 0 aliphatic carbocycles. The van der Waals surface area contributed by atoms with E-state index in [1.54, 1.807) is 0 Å². The van der Waals surface area contributed by atoms with Crippen molar-refractivity contribution in [1.82, 2.24) is 15.5 Å². The van der Waals surface area contributed by atoms with Crippen molar-refractivity contribution in [2.75, 3.05) is 0 Å². The van der Waals surface area contributed by atoms with Crippen LogP contribution in [0, 0.1) is 0 Å². The van der Waals surface area contributed by atoms with E-state index in [1.165, 1.54) is 0 Å². The molecule has 25 heavy (non-hydrogen) atoms. The van der Waals surface area contributed by atoms with Gasteiger partial charge in [0.1, 0.15) is 5.75 Å². The zero-order chi connectivity index (χ0) is 17.5. The Bertz CT molecular complexity index is 803. The minimum Gasteiger partial charge on any atom is -0.481 e. The number of carbonyl (C=O) groups excluding carboxylic acids is 1. The summed E-state index contributed by atoms with van der Waals surface area (Å²) in [7, 11) is 0. The summed E-state index contributed by atoms with van der Waals surface area (Å²) < 4.78 is 10.9. The first-order chi connectivity index (χ1) is 12.3. The number of rotatable bonds is 7. The molecule has 1 heterocycles. The van der Waals surface area contributed by atoms with Gasteiger partial charge in [-0.1, -0.05) is 60.6 Å². The predicted octanol–water partition coefficient (Wildman–Crippen LogP) is 3.21. The molecule has 3 aromatic rings. The van der Waals surface area contributed by atoms with E-state index in [0.717, 1.165) is 5.56 Å². The van der Waals surface area contributed by atoms with Crippen LogP contribution in [0.25, 0.3) is 11.4 Å². The number of hydrogen-bond donors (Lipinski definition) is 1. The molecule has 1 atom stereocenters. The van der Waals surface area contributed by atoms with Gasteiger partial charge >= 0.3 is 0 Å². The molecule has 3 rings (SSSR count). The van der Waals surface area contributed by atoms with Gasteiger partial charge in [-0.05, 0) is 18.6 Å². The Morgan fingerprint density at radius 2 is 1.80 bits per heavy atom. The van der Waals surface area contributed by atoms with Crippen molar-refractivity contribution in [3.05, 3.63) is 66.6 Å². The number of amides is 1. The SMILES string of the molecule is CC[C@@H](Oc1ccccc1)C(=O)NCc1nc(-c2ccccc2)no1. The minimum atomic E-state index is -0.570. The van der Waals surface area contributed by atoms with E-state index in [4.69, 9.17) is 9.26 Å². The molecule has 0 spiro atoms. The van der Waals surface area contributed by atoms with Crippen LogP contribution in [0.2, 0.25) is 0 Å². The van der Waals surface area contributed by atoms with Crippen LogP contribution in [0.4, 0.5) is 0 Å². The molecule has 1 N–H and O–H groups in total. The Morgan fingerprint density at radius 1 is 1.12 bits per heavy atom. The van der Waals surface area contributed by atoms with Crippen molar-refractivity contribution >= 4 is 5.91 Å². The quantitative estimate of drug-likeness (QED) is 0.716. The molecule has 6 heteroatoms. The Labute approximate surface area is 145 Å². The highest BCUT2D eigenvalue weighted by molar-refractivity contribution is 5.80. The maximum atomic E-state index is 12.3. The summed E-state index contributed by atoms with van der Waals surface area (Å²) in [6, 6.07) is 18.8. The molecule has 0 saturated heterocycles. The first-order valence-corrected chi connectivity index (χ1v) is 8.13. The van der Waals surface area contributed by atoms with Crippen LogP contribution >= 0.6 is 0 Å². The average Bonchev–Trinajstić information content (AvgIpc) is 3.15. The number of benzene rings is 2. The molecule has 0 radical (unpaired) electrons. The normalized spacial score (nSPS) is 11.7. The van der Waals surface area contributed by atoms with Gasteiger partial charge < -0.3 is 14.6 Å². The number of nitrogens with zero attached hydrogens (tertiary/aromatic N) is 2. The molecule has 1 amide bonds. The van der Waals surface area contributed by atoms with E-state index in [1.807, 2.05) is 67.6 Å². The number of ether oxygens (including phenoxy) is 1. The molecule has 0 aliphatic heterocycles. The molecule has 0 aliphatic rings. The van der Waals surface area contributed by atoms with Crippen LogP contribution in [0.1, 0.15) is 19.2 Å². The van der Waals surface area contributed by atoms with Crippen molar-refractivity contribution < 1.29 is 14.1 Å². The summed E-state index contributed by atoms with van der Waals surface area (Å²) in [5, 5.41) is 6.70. The van der Waals surface area contributed by atoms with Gasteiger partial charge in [-0.3, -0.25) is 4.79 Å². The molecule has 0 saturated carbocycles. The lowest BCUT2D eigenvalue weighted by molar-refractivity contribution is -0.128. The number of aromatic nitrogens is 2. The maximum absolute atomic E-state index is 12.3. The first-order valence-electron chi connectivity index (χ1n) is 8.13. The lowest BCUT2D eigenvalue weighted by Crippen LogP contribution is -2.37. The van der Waals surface area contributed by atoms with E-state index in [0.29, 0.717) is 23.9 Å². The monoisotopic (exact) mass is 337 g/mol. The highest BCUT2D eigenvalue weighted by Gasteiger charge is 2.19. The van der Waals surface area contributed by atoms with Gasteiger partial charge in [0.05, 0.1) is 6.54 Å². The lowest BCUT2D eigenvalue weighted by atomic mass is 10.2. The second-order valence-electron chi connectivity index (χ2n) is 5.42. The van der Waals surface area contributed by atoms with E-state index >= 15 is 0 Å². The van der Waals surface area contributed by atoms with Crippen molar-refractivity contribution in [2.24, 2.45) is 0 Å². The van der Waals surface area contributed by atoms with E-state index < -0.39 is 6.10 Å². The lowest BCUT2D eigenvalue weighted by Gasteiger charge is -2.16.